The highest BCUT2D eigenvalue weighted by molar-refractivity contribution is 5.79. The molecule has 0 saturated carbocycles. The highest BCUT2D eigenvalue weighted by Crippen LogP contribution is 2.22. The summed E-state index contributed by atoms with van der Waals surface area (Å²) < 4.78 is 2.27. The molecule has 0 bridgehead atoms. The summed E-state index contributed by atoms with van der Waals surface area (Å²) in [5.41, 5.74) is 7.96. The minimum absolute atomic E-state index is 0.431. The van der Waals surface area contributed by atoms with Crippen molar-refractivity contribution in [2.75, 3.05) is 0 Å². The number of benzene rings is 2. The highest BCUT2D eigenvalue weighted by Gasteiger charge is 2.12. The molecule has 5 nitrogen and oxygen atoms in total. The number of hydrogen-bond acceptors (Lipinski definition) is 4. The lowest BCUT2D eigenvalue weighted by Gasteiger charge is -2.09. The van der Waals surface area contributed by atoms with Crippen LogP contribution < -0.4 is 5.48 Å². The van der Waals surface area contributed by atoms with E-state index < -0.39 is 0 Å². The molecule has 2 aromatic carbocycles. The van der Waals surface area contributed by atoms with Crippen molar-refractivity contribution in [2.24, 2.45) is 0 Å². The molecule has 2 N–H and O–H groups in total. The van der Waals surface area contributed by atoms with Crippen LogP contribution in [0.3, 0.4) is 0 Å². The van der Waals surface area contributed by atoms with Gasteiger partial charge < -0.3 is 4.57 Å². The minimum Gasteiger partial charge on any atom is -0.323 e. The Balaban J connectivity index is 1.68. The second kappa shape index (κ2) is 9.20. The molecule has 0 aliphatic carbocycles. The number of hydrogen-bond donors (Lipinski definition) is 2. The lowest BCUT2D eigenvalue weighted by atomic mass is 10.1. The fourth-order valence-electron chi connectivity index (χ4n) is 3.48. The molecule has 2 aromatic heterocycles. The van der Waals surface area contributed by atoms with Gasteiger partial charge in [-0.2, -0.15) is 0 Å². The Kier molecular flexibility index (Phi) is 6.01. The molecule has 0 amide bonds. The quantitative estimate of drug-likeness (QED) is 0.333. The predicted octanol–water partition coefficient (Wildman–Crippen LogP) is 4.77. The van der Waals surface area contributed by atoms with Crippen molar-refractivity contribution in [1.29, 1.82) is 0 Å². The smallest absolute Gasteiger partial charge is 0.110 e. The third-order valence-electron chi connectivity index (χ3n) is 5.02. The average molecular weight is 396 g/mol. The van der Waals surface area contributed by atoms with Crippen LogP contribution in [0.5, 0.6) is 0 Å². The van der Waals surface area contributed by atoms with Crippen LogP contribution in [-0.2, 0) is 19.4 Å². The summed E-state index contributed by atoms with van der Waals surface area (Å²) in [5.74, 6) is 1.06. The fourth-order valence-corrected chi connectivity index (χ4v) is 3.48. The van der Waals surface area contributed by atoms with E-state index in [2.05, 4.69) is 58.6 Å². The van der Waals surface area contributed by atoms with Crippen LogP contribution in [0.25, 0.3) is 17.1 Å². The number of rotatable bonds is 8. The number of fused-ring (bicyclic) bond motifs is 1. The molecular weight excluding hydrogens is 372 g/mol. The molecular formula is C25H24N4O. The first kappa shape index (κ1) is 19.6. The van der Waals surface area contributed by atoms with E-state index in [-0.39, 0.29) is 0 Å². The number of pyridine rings is 1. The third-order valence-corrected chi connectivity index (χ3v) is 5.02. The second-order valence-corrected chi connectivity index (χ2v) is 7.18. The van der Waals surface area contributed by atoms with Crippen molar-refractivity contribution in [1.82, 2.24) is 20.0 Å². The van der Waals surface area contributed by atoms with Crippen LogP contribution in [0.2, 0.25) is 0 Å². The predicted molar refractivity (Wildman–Crippen MR) is 120 cm³/mol. The molecule has 0 unspecified atom stereocenters. The summed E-state index contributed by atoms with van der Waals surface area (Å²) in [5, 5.41) is 8.90. The standard InChI is InChI=1S/C25H24N4O/c1-19(28-30)9-10-21-11-13-24-23(16-21)27-25(14-12-20-6-3-2-4-7-20)29(24)18-22-8-5-15-26-17-22/h2-11,13,15-17,28,30H,1,12,14,18H2/b10-9+. The molecule has 0 saturated heterocycles. The van der Waals surface area contributed by atoms with E-state index in [0.717, 1.165) is 47.4 Å². The number of aromatic nitrogens is 3. The highest BCUT2D eigenvalue weighted by atomic mass is 16.5. The van der Waals surface area contributed by atoms with Gasteiger partial charge in [-0.3, -0.25) is 15.7 Å². The number of nitrogens with zero attached hydrogens (tertiary/aromatic N) is 3. The first-order chi connectivity index (χ1) is 14.7. The lowest BCUT2D eigenvalue weighted by molar-refractivity contribution is 0.205. The molecule has 2 heterocycles. The van der Waals surface area contributed by atoms with E-state index >= 15 is 0 Å². The molecule has 0 fully saturated rings. The maximum Gasteiger partial charge on any atom is 0.110 e. The van der Waals surface area contributed by atoms with E-state index in [1.54, 1.807) is 12.3 Å². The number of nitrogens with one attached hydrogen (secondary N) is 1. The van der Waals surface area contributed by atoms with E-state index in [0.29, 0.717) is 5.70 Å². The summed E-state index contributed by atoms with van der Waals surface area (Å²) >= 11 is 0. The fraction of sp³-hybridized carbons (Fsp3) is 0.120. The Bertz CT molecular complexity index is 1160. The Hall–Kier alpha value is -3.70. The largest absolute Gasteiger partial charge is 0.323 e. The summed E-state index contributed by atoms with van der Waals surface area (Å²) in [6, 6.07) is 20.7. The van der Waals surface area contributed by atoms with E-state index in [1.165, 1.54) is 5.56 Å². The molecule has 0 radical (unpaired) electrons. The summed E-state index contributed by atoms with van der Waals surface area (Å²) in [6.45, 7) is 4.43. The Morgan fingerprint density at radius 2 is 1.87 bits per heavy atom. The van der Waals surface area contributed by atoms with Gasteiger partial charge in [-0.1, -0.05) is 55.1 Å². The van der Waals surface area contributed by atoms with Crippen LogP contribution in [0.15, 0.2) is 91.4 Å². The first-order valence-electron chi connectivity index (χ1n) is 9.92. The molecule has 0 atom stereocenters. The van der Waals surface area contributed by atoms with E-state index in [9.17, 15) is 0 Å². The maximum absolute atomic E-state index is 8.90. The SMILES string of the molecule is C=C(/C=C/c1ccc2c(c1)nc(CCc1ccccc1)n2Cc1cccnc1)NO. The van der Waals surface area contributed by atoms with Crippen LogP contribution >= 0.6 is 0 Å². The molecule has 0 aliphatic rings. The zero-order valence-electron chi connectivity index (χ0n) is 16.7. The Morgan fingerprint density at radius 1 is 1.03 bits per heavy atom. The van der Waals surface area contributed by atoms with Crippen molar-refractivity contribution < 1.29 is 5.21 Å². The monoisotopic (exact) mass is 396 g/mol. The van der Waals surface area contributed by atoms with E-state index in [1.807, 2.05) is 36.0 Å². The van der Waals surface area contributed by atoms with Gasteiger partial charge in [0.05, 0.1) is 23.3 Å². The first-order valence-corrected chi connectivity index (χ1v) is 9.92. The third kappa shape index (κ3) is 4.64. The van der Waals surface area contributed by atoms with Crippen LogP contribution in [0, 0.1) is 0 Å². The molecule has 0 aliphatic heterocycles. The lowest BCUT2D eigenvalue weighted by Crippen LogP contribution is -2.07. The molecule has 4 aromatic rings. The zero-order chi connectivity index (χ0) is 20.8. The Labute approximate surface area is 176 Å². The van der Waals surface area contributed by atoms with Gasteiger partial charge in [0.25, 0.3) is 0 Å². The van der Waals surface area contributed by atoms with Gasteiger partial charge in [0.15, 0.2) is 0 Å². The second-order valence-electron chi connectivity index (χ2n) is 7.18. The summed E-state index contributed by atoms with van der Waals surface area (Å²) in [4.78, 5) is 9.21. The number of imidazole rings is 1. The molecule has 150 valence electrons. The van der Waals surface area contributed by atoms with Gasteiger partial charge in [0.1, 0.15) is 5.82 Å². The van der Waals surface area contributed by atoms with Crippen molar-refractivity contribution in [2.45, 2.75) is 19.4 Å². The number of allylic oxidation sites excluding steroid dienone is 1. The van der Waals surface area contributed by atoms with Crippen molar-refractivity contribution in [3.05, 3.63) is 114 Å². The minimum atomic E-state index is 0.431. The van der Waals surface area contributed by atoms with Gasteiger partial charge >= 0.3 is 0 Å². The topological polar surface area (TPSA) is 63.0 Å². The van der Waals surface area contributed by atoms with Gasteiger partial charge in [-0.25, -0.2) is 4.98 Å². The van der Waals surface area contributed by atoms with E-state index in [4.69, 9.17) is 10.2 Å². The summed E-state index contributed by atoms with van der Waals surface area (Å²) in [7, 11) is 0. The van der Waals surface area contributed by atoms with Crippen molar-refractivity contribution in [3.63, 3.8) is 0 Å². The van der Waals surface area contributed by atoms with Crippen LogP contribution in [0.4, 0.5) is 0 Å². The van der Waals surface area contributed by atoms with Gasteiger partial charge in [0.2, 0.25) is 0 Å². The van der Waals surface area contributed by atoms with Gasteiger partial charge in [0, 0.05) is 18.8 Å². The van der Waals surface area contributed by atoms with Crippen molar-refractivity contribution >= 4 is 17.1 Å². The number of hydroxylamine groups is 1. The molecule has 5 heteroatoms. The normalized spacial score (nSPS) is 11.2. The molecule has 0 spiro atoms. The molecule has 4 rings (SSSR count). The maximum atomic E-state index is 8.90. The zero-order valence-corrected chi connectivity index (χ0v) is 16.7. The van der Waals surface area contributed by atoms with Gasteiger partial charge in [-0.05, 0) is 47.4 Å². The van der Waals surface area contributed by atoms with Crippen molar-refractivity contribution in [3.8, 4) is 0 Å². The van der Waals surface area contributed by atoms with Crippen LogP contribution in [0.1, 0.15) is 22.5 Å². The van der Waals surface area contributed by atoms with Crippen LogP contribution in [-0.4, -0.2) is 19.7 Å². The van der Waals surface area contributed by atoms with Gasteiger partial charge in [-0.15, -0.1) is 0 Å². The molecule has 30 heavy (non-hydrogen) atoms. The Morgan fingerprint density at radius 3 is 2.63 bits per heavy atom. The summed E-state index contributed by atoms with van der Waals surface area (Å²) in [6.07, 6.45) is 9.11. The average Bonchev–Trinajstić information content (AvgIpc) is 3.14. The number of aryl methyl sites for hydroxylation is 2.